The molecule has 0 aliphatic heterocycles. The summed E-state index contributed by atoms with van der Waals surface area (Å²) in [7, 11) is 1.62. The van der Waals surface area contributed by atoms with Crippen LogP contribution >= 0.6 is 0 Å². The van der Waals surface area contributed by atoms with Crippen LogP contribution in [0.1, 0.15) is 18.9 Å². The lowest BCUT2D eigenvalue weighted by atomic mass is 10.0. The largest absolute Gasteiger partial charge is 0.493 e. The molecule has 0 amide bonds. The number of ether oxygens (including phenoxy) is 2. The van der Waals surface area contributed by atoms with Crippen LogP contribution in [0, 0.1) is 5.92 Å². The molecule has 0 aromatic heterocycles. The Bertz CT molecular complexity index is 348. The molecule has 0 bridgehead atoms. The highest BCUT2D eigenvalue weighted by Gasteiger charge is 2.09. The zero-order chi connectivity index (χ0) is 13.4. The Balaban J connectivity index is 2.67. The lowest BCUT2D eigenvalue weighted by Gasteiger charge is -2.13. The van der Waals surface area contributed by atoms with Crippen LogP contribution in [0.5, 0.6) is 11.5 Å². The van der Waals surface area contributed by atoms with Crippen molar-refractivity contribution in [1.82, 2.24) is 0 Å². The second kappa shape index (κ2) is 7.95. The van der Waals surface area contributed by atoms with Gasteiger partial charge < -0.3 is 19.7 Å². The number of aliphatic hydroxyl groups is 2. The van der Waals surface area contributed by atoms with Crippen LogP contribution in [0.3, 0.4) is 0 Å². The Kier molecular flexibility index (Phi) is 6.54. The average molecular weight is 254 g/mol. The number of methoxy groups -OCH3 is 1. The summed E-state index contributed by atoms with van der Waals surface area (Å²) in [6.45, 7) is 2.57. The first-order valence-electron chi connectivity index (χ1n) is 6.26. The summed E-state index contributed by atoms with van der Waals surface area (Å²) in [5.41, 5.74) is 1.11. The Morgan fingerprint density at radius 2 is 1.89 bits per heavy atom. The van der Waals surface area contributed by atoms with Gasteiger partial charge in [-0.2, -0.15) is 0 Å². The standard InChI is InChI=1S/C14H22O4/c1-3-18-13-7-6-11(8-14(13)17-2)4-5-12(9-15)10-16/h6-8,12,15-16H,3-5,9-10H2,1-2H3. The fourth-order valence-electron chi connectivity index (χ4n) is 1.75. The van der Waals surface area contributed by atoms with Crippen molar-refractivity contribution in [3.05, 3.63) is 23.8 Å². The van der Waals surface area contributed by atoms with Gasteiger partial charge in [0, 0.05) is 19.1 Å². The van der Waals surface area contributed by atoms with E-state index < -0.39 is 0 Å². The van der Waals surface area contributed by atoms with Gasteiger partial charge in [-0.15, -0.1) is 0 Å². The summed E-state index contributed by atoms with van der Waals surface area (Å²) in [4.78, 5) is 0. The highest BCUT2D eigenvalue weighted by Crippen LogP contribution is 2.28. The number of aliphatic hydroxyl groups excluding tert-OH is 2. The Morgan fingerprint density at radius 1 is 1.17 bits per heavy atom. The van der Waals surface area contributed by atoms with E-state index in [2.05, 4.69) is 0 Å². The summed E-state index contributed by atoms with van der Waals surface area (Å²) in [6.07, 6.45) is 1.55. The lowest BCUT2D eigenvalue weighted by molar-refractivity contribution is 0.144. The van der Waals surface area contributed by atoms with Crippen LogP contribution in [0.15, 0.2) is 18.2 Å². The molecule has 0 heterocycles. The number of hydrogen-bond acceptors (Lipinski definition) is 4. The minimum Gasteiger partial charge on any atom is -0.493 e. The molecule has 1 aromatic carbocycles. The highest BCUT2D eigenvalue weighted by molar-refractivity contribution is 5.43. The van der Waals surface area contributed by atoms with Crippen LogP contribution in [-0.2, 0) is 6.42 Å². The average Bonchev–Trinajstić information content (AvgIpc) is 2.41. The number of hydrogen-bond donors (Lipinski definition) is 2. The van der Waals surface area contributed by atoms with Gasteiger partial charge in [0.15, 0.2) is 11.5 Å². The molecule has 0 saturated carbocycles. The van der Waals surface area contributed by atoms with Crippen molar-refractivity contribution < 1.29 is 19.7 Å². The minimum absolute atomic E-state index is 0.0185. The van der Waals surface area contributed by atoms with E-state index in [1.54, 1.807) is 7.11 Å². The first kappa shape index (κ1) is 14.8. The molecule has 0 aliphatic rings. The van der Waals surface area contributed by atoms with Crippen LogP contribution in [0.4, 0.5) is 0 Å². The van der Waals surface area contributed by atoms with Crippen LogP contribution in [0.25, 0.3) is 0 Å². The molecule has 0 radical (unpaired) electrons. The summed E-state index contributed by atoms with van der Waals surface area (Å²) < 4.78 is 10.7. The van der Waals surface area contributed by atoms with Gasteiger partial charge in [0.1, 0.15) is 0 Å². The van der Waals surface area contributed by atoms with Gasteiger partial charge in [0.2, 0.25) is 0 Å². The quantitative estimate of drug-likeness (QED) is 0.740. The monoisotopic (exact) mass is 254 g/mol. The van der Waals surface area contributed by atoms with Crippen LogP contribution < -0.4 is 9.47 Å². The second-order valence-electron chi connectivity index (χ2n) is 4.19. The van der Waals surface area contributed by atoms with Gasteiger partial charge in [-0.25, -0.2) is 0 Å². The fraction of sp³-hybridized carbons (Fsp3) is 0.571. The van der Waals surface area contributed by atoms with Crippen molar-refractivity contribution in [2.45, 2.75) is 19.8 Å². The van der Waals surface area contributed by atoms with Gasteiger partial charge >= 0.3 is 0 Å². The lowest BCUT2D eigenvalue weighted by Crippen LogP contribution is -2.11. The van der Waals surface area contributed by atoms with Gasteiger partial charge in [0.25, 0.3) is 0 Å². The van der Waals surface area contributed by atoms with Gasteiger partial charge in [0.05, 0.1) is 13.7 Å². The van der Waals surface area contributed by atoms with E-state index in [-0.39, 0.29) is 19.1 Å². The Morgan fingerprint density at radius 3 is 2.44 bits per heavy atom. The first-order chi connectivity index (χ1) is 8.74. The van der Waals surface area contributed by atoms with Gasteiger partial charge in [-0.3, -0.25) is 0 Å². The molecule has 0 atom stereocenters. The van der Waals surface area contributed by atoms with Crippen LogP contribution in [-0.4, -0.2) is 37.1 Å². The fourth-order valence-corrected chi connectivity index (χ4v) is 1.75. The summed E-state index contributed by atoms with van der Waals surface area (Å²) in [5.74, 6) is 1.41. The number of benzene rings is 1. The van der Waals surface area contributed by atoms with Crippen molar-refractivity contribution >= 4 is 0 Å². The first-order valence-corrected chi connectivity index (χ1v) is 6.26. The smallest absolute Gasteiger partial charge is 0.161 e. The second-order valence-corrected chi connectivity index (χ2v) is 4.19. The maximum absolute atomic E-state index is 9.01. The predicted molar refractivity (Wildman–Crippen MR) is 70.1 cm³/mol. The molecule has 0 aliphatic carbocycles. The Hall–Kier alpha value is -1.26. The molecule has 102 valence electrons. The molecule has 1 aromatic rings. The van der Waals surface area contributed by atoms with E-state index in [9.17, 15) is 0 Å². The topological polar surface area (TPSA) is 58.9 Å². The van der Waals surface area contributed by atoms with E-state index in [0.717, 1.165) is 29.9 Å². The molecule has 1 rings (SSSR count). The number of aryl methyl sites for hydroxylation is 1. The zero-order valence-electron chi connectivity index (χ0n) is 11.1. The van der Waals surface area contributed by atoms with E-state index in [0.29, 0.717) is 6.61 Å². The maximum atomic E-state index is 9.01. The molecule has 0 fully saturated rings. The third kappa shape index (κ3) is 4.20. The molecular weight excluding hydrogens is 232 g/mol. The molecule has 4 nitrogen and oxygen atoms in total. The normalized spacial score (nSPS) is 10.7. The third-order valence-corrected chi connectivity index (χ3v) is 2.89. The highest BCUT2D eigenvalue weighted by atomic mass is 16.5. The van der Waals surface area contributed by atoms with Crippen molar-refractivity contribution in [2.75, 3.05) is 26.9 Å². The van der Waals surface area contributed by atoms with Crippen molar-refractivity contribution in [3.63, 3.8) is 0 Å². The third-order valence-electron chi connectivity index (χ3n) is 2.89. The van der Waals surface area contributed by atoms with Gasteiger partial charge in [-0.05, 0) is 37.5 Å². The van der Waals surface area contributed by atoms with Crippen molar-refractivity contribution in [3.8, 4) is 11.5 Å². The van der Waals surface area contributed by atoms with E-state index in [4.69, 9.17) is 19.7 Å². The molecule has 4 heteroatoms. The molecular formula is C14H22O4. The van der Waals surface area contributed by atoms with Crippen molar-refractivity contribution in [2.24, 2.45) is 5.92 Å². The van der Waals surface area contributed by atoms with Crippen LogP contribution in [0.2, 0.25) is 0 Å². The number of rotatable bonds is 8. The summed E-state index contributed by atoms with van der Waals surface area (Å²) in [5, 5.41) is 18.0. The minimum atomic E-state index is -0.0532. The zero-order valence-corrected chi connectivity index (χ0v) is 11.1. The maximum Gasteiger partial charge on any atom is 0.161 e. The molecule has 18 heavy (non-hydrogen) atoms. The van der Waals surface area contributed by atoms with Crippen molar-refractivity contribution in [1.29, 1.82) is 0 Å². The van der Waals surface area contributed by atoms with E-state index in [1.807, 2.05) is 25.1 Å². The van der Waals surface area contributed by atoms with Gasteiger partial charge in [-0.1, -0.05) is 6.07 Å². The molecule has 0 unspecified atom stereocenters. The van der Waals surface area contributed by atoms with E-state index >= 15 is 0 Å². The molecule has 0 spiro atoms. The summed E-state index contributed by atoms with van der Waals surface area (Å²) in [6, 6.07) is 5.82. The molecule has 2 N–H and O–H groups in total. The Labute approximate surface area is 108 Å². The summed E-state index contributed by atoms with van der Waals surface area (Å²) >= 11 is 0. The predicted octanol–water partition coefficient (Wildman–Crippen LogP) is 1.63. The SMILES string of the molecule is CCOc1ccc(CCC(CO)CO)cc1OC. The van der Waals surface area contributed by atoms with E-state index in [1.165, 1.54) is 0 Å². The molecule has 0 saturated heterocycles.